The average Bonchev–Trinajstić information content (AvgIpc) is 2.86. The predicted octanol–water partition coefficient (Wildman–Crippen LogP) is 5.58. The fraction of sp³-hybridized carbons (Fsp3) is 0.0714. The van der Waals surface area contributed by atoms with Crippen LogP contribution < -0.4 is 14.9 Å². The highest BCUT2D eigenvalue weighted by molar-refractivity contribution is 6.10. The van der Waals surface area contributed by atoms with Crippen LogP contribution in [0.5, 0.6) is 17.2 Å². The van der Waals surface area contributed by atoms with Crippen molar-refractivity contribution in [2.24, 2.45) is 0 Å². The van der Waals surface area contributed by atoms with Gasteiger partial charge in [-0.2, -0.15) is 0 Å². The van der Waals surface area contributed by atoms with Crippen molar-refractivity contribution in [3.63, 3.8) is 0 Å². The largest absolute Gasteiger partial charge is 0.507 e. The molecule has 0 bridgehead atoms. The summed E-state index contributed by atoms with van der Waals surface area (Å²) >= 11 is 0. The number of methoxy groups -OCH3 is 2. The first-order valence-electron chi connectivity index (χ1n) is 10.5. The summed E-state index contributed by atoms with van der Waals surface area (Å²) in [6, 6.07) is 19.0. The third kappa shape index (κ3) is 4.47. The second kappa shape index (κ2) is 9.92. The number of carbonyl (C=O) groups is 1. The van der Waals surface area contributed by atoms with Crippen LogP contribution in [0.4, 0.5) is 0 Å². The van der Waals surface area contributed by atoms with E-state index in [0.717, 1.165) is 5.56 Å². The lowest BCUT2D eigenvalue weighted by Crippen LogP contribution is -2.16. The molecule has 0 fully saturated rings. The molecule has 0 unspecified atom stereocenters. The van der Waals surface area contributed by atoms with Gasteiger partial charge in [-0.1, -0.05) is 42.5 Å². The van der Waals surface area contributed by atoms with Crippen LogP contribution in [0.2, 0.25) is 0 Å². The molecule has 1 aromatic heterocycles. The van der Waals surface area contributed by atoms with Crippen LogP contribution in [0.1, 0.15) is 27.2 Å². The summed E-state index contributed by atoms with van der Waals surface area (Å²) in [6.07, 6.45) is 6.11. The number of rotatable bonds is 7. The van der Waals surface area contributed by atoms with Crippen LogP contribution in [0.15, 0.2) is 82.0 Å². The Labute approximate surface area is 196 Å². The molecule has 170 valence electrons. The lowest BCUT2D eigenvalue weighted by atomic mass is 10.0. The molecule has 0 atom stereocenters. The molecule has 0 saturated heterocycles. The van der Waals surface area contributed by atoms with Crippen molar-refractivity contribution in [1.82, 2.24) is 0 Å². The zero-order valence-electron chi connectivity index (χ0n) is 18.6. The van der Waals surface area contributed by atoms with Crippen LogP contribution in [0.25, 0.3) is 29.2 Å². The van der Waals surface area contributed by atoms with Crippen molar-refractivity contribution in [1.29, 1.82) is 0 Å². The molecule has 0 aliphatic carbocycles. The van der Waals surface area contributed by atoms with E-state index in [1.807, 2.05) is 30.3 Å². The first-order chi connectivity index (χ1) is 16.5. The SMILES string of the molecule is COc1ccccc1/C=C/C(=O)c1c(/C=C/c2ccccc2OC)oc2cccc(O)c2c1=O. The maximum absolute atomic E-state index is 13.3. The number of para-hydroxylation sites is 2. The van der Waals surface area contributed by atoms with Crippen LogP contribution in [-0.2, 0) is 0 Å². The summed E-state index contributed by atoms with van der Waals surface area (Å²) < 4.78 is 16.6. The minimum absolute atomic E-state index is 0.0500. The molecule has 0 spiro atoms. The Morgan fingerprint density at radius 3 is 2.09 bits per heavy atom. The van der Waals surface area contributed by atoms with Crippen molar-refractivity contribution >= 4 is 35.0 Å². The van der Waals surface area contributed by atoms with Crippen LogP contribution in [0.3, 0.4) is 0 Å². The molecule has 6 nitrogen and oxygen atoms in total. The number of hydrogen-bond acceptors (Lipinski definition) is 6. The molecule has 4 aromatic rings. The van der Waals surface area contributed by atoms with Crippen molar-refractivity contribution < 1.29 is 23.8 Å². The van der Waals surface area contributed by atoms with Gasteiger partial charge in [-0.15, -0.1) is 0 Å². The molecule has 34 heavy (non-hydrogen) atoms. The highest BCUT2D eigenvalue weighted by Crippen LogP contribution is 2.27. The van der Waals surface area contributed by atoms with E-state index in [1.54, 1.807) is 55.7 Å². The number of ether oxygens (including phenoxy) is 2. The molecule has 3 aromatic carbocycles. The van der Waals surface area contributed by atoms with E-state index in [4.69, 9.17) is 13.9 Å². The normalized spacial score (nSPS) is 11.4. The molecule has 0 radical (unpaired) electrons. The van der Waals surface area contributed by atoms with E-state index >= 15 is 0 Å². The minimum Gasteiger partial charge on any atom is -0.507 e. The number of allylic oxidation sites excluding steroid dienone is 1. The Bertz CT molecular complexity index is 1480. The second-order valence-electron chi connectivity index (χ2n) is 7.34. The maximum atomic E-state index is 13.3. The van der Waals surface area contributed by atoms with E-state index in [1.165, 1.54) is 19.3 Å². The molecule has 1 heterocycles. The van der Waals surface area contributed by atoms with Gasteiger partial charge >= 0.3 is 0 Å². The fourth-order valence-corrected chi connectivity index (χ4v) is 3.61. The van der Waals surface area contributed by atoms with Crippen molar-refractivity contribution in [2.45, 2.75) is 0 Å². The first kappa shape index (κ1) is 22.6. The number of benzene rings is 3. The van der Waals surface area contributed by atoms with Crippen molar-refractivity contribution in [2.75, 3.05) is 14.2 Å². The van der Waals surface area contributed by atoms with Gasteiger partial charge in [-0.25, -0.2) is 0 Å². The van der Waals surface area contributed by atoms with Gasteiger partial charge in [0.15, 0.2) is 5.78 Å². The standard InChI is InChI=1S/C28H22O6/c1-32-22-11-5-3-8-18(22)14-16-21(30)27-25(17-15-19-9-4-6-12-23(19)33-2)34-24-13-7-10-20(29)26(24)28(27)31/h3-17,29H,1-2H3/b16-14+,17-15+. The van der Waals surface area contributed by atoms with E-state index < -0.39 is 11.2 Å². The summed E-state index contributed by atoms with van der Waals surface area (Å²) in [7, 11) is 3.10. The molecule has 0 aliphatic rings. The average molecular weight is 454 g/mol. The van der Waals surface area contributed by atoms with Gasteiger partial charge in [0, 0.05) is 11.1 Å². The number of ketones is 1. The Hall–Kier alpha value is -4.58. The van der Waals surface area contributed by atoms with Gasteiger partial charge in [0.2, 0.25) is 5.43 Å². The number of fused-ring (bicyclic) bond motifs is 1. The lowest BCUT2D eigenvalue weighted by molar-refractivity contribution is 0.104. The molecule has 4 rings (SSSR count). The van der Waals surface area contributed by atoms with Crippen LogP contribution in [-0.4, -0.2) is 25.1 Å². The van der Waals surface area contributed by atoms with Crippen molar-refractivity contribution in [3.05, 3.63) is 105 Å². The number of phenolic OH excluding ortho intramolecular Hbond substituents is 1. The summed E-state index contributed by atoms with van der Waals surface area (Å²) in [6.45, 7) is 0. The molecule has 0 aliphatic heterocycles. The van der Waals surface area contributed by atoms with E-state index in [0.29, 0.717) is 17.1 Å². The van der Waals surface area contributed by atoms with Gasteiger partial charge in [0.25, 0.3) is 0 Å². The molecular weight excluding hydrogens is 432 g/mol. The van der Waals surface area contributed by atoms with Crippen LogP contribution in [0, 0.1) is 0 Å². The third-order valence-electron chi connectivity index (χ3n) is 5.28. The number of phenols is 1. The smallest absolute Gasteiger partial charge is 0.208 e. The lowest BCUT2D eigenvalue weighted by Gasteiger charge is -2.07. The van der Waals surface area contributed by atoms with Gasteiger partial charge in [0.05, 0.1) is 14.2 Å². The molecule has 0 amide bonds. The van der Waals surface area contributed by atoms with Gasteiger partial charge < -0.3 is 19.0 Å². The maximum Gasteiger partial charge on any atom is 0.208 e. The van der Waals surface area contributed by atoms with Crippen molar-refractivity contribution in [3.8, 4) is 17.2 Å². The fourth-order valence-electron chi connectivity index (χ4n) is 3.61. The van der Waals surface area contributed by atoms with Gasteiger partial charge in [0.1, 0.15) is 39.5 Å². The first-order valence-corrected chi connectivity index (χ1v) is 10.5. The van der Waals surface area contributed by atoms with Gasteiger partial charge in [-0.05, 0) is 48.6 Å². The monoisotopic (exact) mass is 454 g/mol. The zero-order chi connectivity index (χ0) is 24.1. The molecular formula is C28H22O6. The highest BCUT2D eigenvalue weighted by atomic mass is 16.5. The molecule has 0 saturated carbocycles. The zero-order valence-corrected chi connectivity index (χ0v) is 18.6. The summed E-state index contributed by atoms with van der Waals surface area (Å²) in [5.41, 5.74) is 0.791. The topological polar surface area (TPSA) is 86.0 Å². The predicted molar refractivity (Wildman–Crippen MR) is 132 cm³/mol. The third-order valence-corrected chi connectivity index (χ3v) is 5.28. The Balaban J connectivity index is 1.85. The Morgan fingerprint density at radius 2 is 1.44 bits per heavy atom. The van der Waals surface area contributed by atoms with Crippen LogP contribution >= 0.6 is 0 Å². The van der Waals surface area contributed by atoms with E-state index in [2.05, 4.69) is 0 Å². The second-order valence-corrected chi connectivity index (χ2v) is 7.34. The number of carbonyl (C=O) groups excluding carboxylic acids is 1. The number of hydrogen-bond donors (Lipinski definition) is 1. The Kier molecular flexibility index (Phi) is 6.59. The number of aromatic hydroxyl groups is 1. The van der Waals surface area contributed by atoms with Gasteiger partial charge in [-0.3, -0.25) is 9.59 Å². The van der Waals surface area contributed by atoms with E-state index in [9.17, 15) is 14.7 Å². The summed E-state index contributed by atoms with van der Waals surface area (Å²) in [4.78, 5) is 26.5. The summed E-state index contributed by atoms with van der Waals surface area (Å²) in [5.74, 6) is 0.469. The minimum atomic E-state index is -0.617. The molecule has 1 N–H and O–H groups in total. The quantitative estimate of drug-likeness (QED) is 0.290. The highest BCUT2D eigenvalue weighted by Gasteiger charge is 2.20. The summed E-state index contributed by atoms with van der Waals surface area (Å²) in [5, 5.41) is 10.2. The molecule has 6 heteroatoms. The van der Waals surface area contributed by atoms with E-state index in [-0.39, 0.29) is 28.0 Å². The Morgan fingerprint density at radius 1 is 0.824 bits per heavy atom.